The maximum absolute atomic E-state index is 3.21. The summed E-state index contributed by atoms with van der Waals surface area (Å²) in [5.74, 6) is 0. The molecule has 2 aromatic rings. The second-order valence-electron chi connectivity index (χ2n) is 4.55. The van der Waals surface area contributed by atoms with Gasteiger partial charge in [-0.3, -0.25) is 0 Å². The van der Waals surface area contributed by atoms with Crippen LogP contribution in [0.1, 0.15) is 11.1 Å². The van der Waals surface area contributed by atoms with Gasteiger partial charge in [0.1, 0.15) is 0 Å². The smallest absolute Gasteiger partial charge is 0.0453 e. The van der Waals surface area contributed by atoms with E-state index >= 15 is 0 Å². The third-order valence-electron chi connectivity index (χ3n) is 3.14. The summed E-state index contributed by atoms with van der Waals surface area (Å²) in [6, 6.07) is 17.1. The summed E-state index contributed by atoms with van der Waals surface area (Å²) in [5, 5.41) is 3.21. The Balaban J connectivity index is 2.33. The summed E-state index contributed by atoms with van der Waals surface area (Å²) >= 11 is 0. The van der Waals surface area contributed by atoms with Gasteiger partial charge in [-0.25, -0.2) is 0 Å². The molecule has 2 rings (SSSR count). The van der Waals surface area contributed by atoms with E-state index in [1.165, 1.54) is 22.5 Å². The van der Waals surface area contributed by atoms with E-state index < -0.39 is 0 Å². The van der Waals surface area contributed by atoms with Crippen molar-refractivity contribution in [3.05, 3.63) is 59.7 Å². The van der Waals surface area contributed by atoms with Crippen LogP contribution in [-0.4, -0.2) is 14.1 Å². The number of rotatable bonds is 4. The molecule has 0 amide bonds. The van der Waals surface area contributed by atoms with E-state index in [0.29, 0.717) is 0 Å². The minimum absolute atomic E-state index is 0.881. The molecule has 0 atom stereocenters. The van der Waals surface area contributed by atoms with Crippen molar-refractivity contribution in [2.75, 3.05) is 19.0 Å². The average molecular weight is 240 g/mol. The first kappa shape index (κ1) is 12.7. The lowest BCUT2D eigenvalue weighted by Gasteiger charge is -2.22. The van der Waals surface area contributed by atoms with Crippen LogP contribution >= 0.6 is 0 Å². The zero-order chi connectivity index (χ0) is 13.0. The van der Waals surface area contributed by atoms with E-state index in [9.17, 15) is 0 Å². The normalized spacial score (nSPS) is 10.4. The number of hydrogen-bond donors (Lipinski definition) is 1. The number of aryl methyl sites for hydroxylation is 1. The fourth-order valence-corrected chi connectivity index (χ4v) is 2.09. The van der Waals surface area contributed by atoms with Crippen LogP contribution < -0.4 is 10.2 Å². The Morgan fingerprint density at radius 3 is 2.33 bits per heavy atom. The lowest BCUT2D eigenvalue weighted by atomic mass is 10.1. The Hall–Kier alpha value is -1.80. The number of para-hydroxylation sites is 1. The molecule has 0 aliphatic rings. The van der Waals surface area contributed by atoms with Gasteiger partial charge < -0.3 is 10.2 Å². The summed E-state index contributed by atoms with van der Waals surface area (Å²) < 4.78 is 0. The zero-order valence-corrected chi connectivity index (χ0v) is 11.3. The van der Waals surface area contributed by atoms with E-state index in [0.717, 1.165) is 6.54 Å². The van der Waals surface area contributed by atoms with Crippen LogP contribution in [0.25, 0.3) is 0 Å². The molecule has 18 heavy (non-hydrogen) atoms. The largest absolute Gasteiger partial charge is 0.344 e. The third-order valence-corrected chi connectivity index (χ3v) is 3.14. The van der Waals surface area contributed by atoms with Gasteiger partial charge in [0.25, 0.3) is 0 Å². The van der Waals surface area contributed by atoms with Crippen LogP contribution in [0.15, 0.2) is 48.5 Å². The zero-order valence-electron chi connectivity index (χ0n) is 11.3. The standard InChI is InChI=1S/C16H20N2/c1-13-8-10-15(11-9-13)18(3)16-7-5-4-6-14(16)12-17-2/h4-11,17H,12H2,1-3H3. The monoisotopic (exact) mass is 240 g/mol. The van der Waals surface area contributed by atoms with Crippen LogP contribution in [0, 0.1) is 6.92 Å². The topological polar surface area (TPSA) is 15.3 Å². The Morgan fingerprint density at radius 1 is 1.00 bits per heavy atom. The van der Waals surface area contributed by atoms with Gasteiger partial charge in [0, 0.05) is 25.0 Å². The number of nitrogens with zero attached hydrogens (tertiary/aromatic N) is 1. The highest BCUT2D eigenvalue weighted by atomic mass is 15.1. The van der Waals surface area contributed by atoms with Crippen molar-refractivity contribution in [3.63, 3.8) is 0 Å². The van der Waals surface area contributed by atoms with Crippen molar-refractivity contribution in [1.82, 2.24) is 5.32 Å². The van der Waals surface area contributed by atoms with Crippen molar-refractivity contribution in [1.29, 1.82) is 0 Å². The summed E-state index contributed by atoms with van der Waals surface area (Å²) in [6.07, 6.45) is 0. The van der Waals surface area contributed by atoms with E-state index in [2.05, 4.69) is 72.7 Å². The molecule has 0 saturated carbocycles. The number of hydrogen-bond acceptors (Lipinski definition) is 2. The molecule has 0 heterocycles. The molecule has 2 nitrogen and oxygen atoms in total. The van der Waals surface area contributed by atoms with Crippen molar-refractivity contribution < 1.29 is 0 Å². The minimum atomic E-state index is 0.881. The molecule has 0 aliphatic heterocycles. The first-order chi connectivity index (χ1) is 8.72. The average Bonchev–Trinajstić information content (AvgIpc) is 2.40. The predicted octanol–water partition coefficient (Wildman–Crippen LogP) is 3.48. The van der Waals surface area contributed by atoms with Crippen LogP contribution in [0.2, 0.25) is 0 Å². The first-order valence-electron chi connectivity index (χ1n) is 6.25. The highest BCUT2D eigenvalue weighted by molar-refractivity contribution is 5.65. The number of benzene rings is 2. The van der Waals surface area contributed by atoms with Gasteiger partial charge in [-0.15, -0.1) is 0 Å². The summed E-state index contributed by atoms with van der Waals surface area (Å²) in [7, 11) is 4.09. The van der Waals surface area contributed by atoms with Crippen LogP contribution in [-0.2, 0) is 6.54 Å². The molecule has 2 aromatic carbocycles. The SMILES string of the molecule is CNCc1ccccc1N(C)c1ccc(C)cc1. The van der Waals surface area contributed by atoms with Crippen LogP contribution in [0.3, 0.4) is 0 Å². The Morgan fingerprint density at radius 2 is 1.67 bits per heavy atom. The highest BCUT2D eigenvalue weighted by Gasteiger charge is 2.07. The Kier molecular flexibility index (Phi) is 4.00. The molecular weight excluding hydrogens is 220 g/mol. The molecule has 0 radical (unpaired) electrons. The molecule has 0 spiro atoms. The molecular formula is C16H20N2. The number of nitrogens with one attached hydrogen (secondary N) is 1. The molecule has 0 aromatic heterocycles. The highest BCUT2D eigenvalue weighted by Crippen LogP contribution is 2.26. The molecule has 94 valence electrons. The predicted molar refractivity (Wildman–Crippen MR) is 78.4 cm³/mol. The van der Waals surface area contributed by atoms with E-state index in [1.54, 1.807) is 0 Å². The maximum Gasteiger partial charge on any atom is 0.0453 e. The van der Waals surface area contributed by atoms with Gasteiger partial charge in [0.05, 0.1) is 0 Å². The van der Waals surface area contributed by atoms with Gasteiger partial charge in [-0.05, 0) is 37.7 Å². The lowest BCUT2D eigenvalue weighted by molar-refractivity contribution is 0.816. The molecule has 1 N–H and O–H groups in total. The summed E-state index contributed by atoms with van der Waals surface area (Å²) in [5.41, 5.74) is 5.05. The number of anilines is 2. The molecule has 0 saturated heterocycles. The van der Waals surface area contributed by atoms with Crippen molar-refractivity contribution in [2.24, 2.45) is 0 Å². The first-order valence-corrected chi connectivity index (χ1v) is 6.25. The van der Waals surface area contributed by atoms with Gasteiger partial charge in [0.2, 0.25) is 0 Å². The van der Waals surface area contributed by atoms with Crippen LogP contribution in [0.5, 0.6) is 0 Å². The molecule has 0 aliphatic carbocycles. The van der Waals surface area contributed by atoms with E-state index in [4.69, 9.17) is 0 Å². The van der Waals surface area contributed by atoms with Crippen molar-refractivity contribution in [3.8, 4) is 0 Å². The van der Waals surface area contributed by atoms with Crippen molar-refractivity contribution >= 4 is 11.4 Å². The van der Waals surface area contributed by atoms with Crippen LogP contribution in [0.4, 0.5) is 11.4 Å². The van der Waals surface area contributed by atoms with E-state index in [1.807, 2.05) is 7.05 Å². The third kappa shape index (κ3) is 2.71. The quantitative estimate of drug-likeness (QED) is 0.880. The van der Waals surface area contributed by atoms with Gasteiger partial charge >= 0.3 is 0 Å². The van der Waals surface area contributed by atoms with Gasteiger partial charge in [0.15, 0.2) is 0 Å². The lowest BCUT2D eigenvalue weighted by Crippen LogP contribution is -2.14. The molecule has 0 bridgehead atoms. The molecule has 0 unspecified atom stereocenters. The fourth-order valence-electron chi connectivity index (χ4n) is 2.09. The van der Waals surface area contributed by atoms with Crippen molar-refractivity contribution in [2.45, 2.75) is 13.5 Å². The molecule has 0 fully saturated rings. The summed E-state index contributed by atoms with van der Waals surface area (Å²) in [6.45, 7) is 2.99. The maximum atomic E-state index is 3.21. The minimum Gasteiger partial charge on any atom is -0.344 e. The van der Waals surface area contributed by atoms with Gasteiger partial charge in [-0.1, -0.05) is 35.9 Å². The van der Waals surface area contributed by atoms with Gasteiger partial charge in [-0.2, -0.15) is 0 Å². The second-order valence-corrected chi connectivity index (χ2v) is 4.55. The Labute approximate surface area is 109 Å². The summed E-state index contributed by atoms with van der Waals surface area (Å²) in [4.78, 5) is 2.23. The second kappa shape index (κ2) is 5.69. The van der Waals surface area contributed by atoms with E-state index in [-0.39, 0.29) is 0 Å². The molecule has 2 heteroatoms. The Bertz CT molecular complexity index is 503. The fraction of sp³-hybridized carbons (Fsp3) is 0.250.